The number of amides is 1. The van der Waals surface area contributed by atoms with Crippen molar-refractivity contribution in [1.82, 2.24) is 5.43 Å². The summed E-state index contributed by atoms with van der Waals surface area (Å²) in [7, 11) is 3.14. The number of hydrogen-bond donors (Lipinski definition) is 1. The highest BCUT2D eigenvalue weighted by Gasteiger charge is 2.11. The zero-order valence-electron chi connectivity index (χ0n) is 13.9. The lowest BCUT2D eigenvalue weighted by atomic mass is 10.2. The molecule has 0 saturated heterocycles. The Labute approximate surface area is 141 Å². The number of benzene rings is 2. The SMILES string of the molecule is CCOc1ccccc1C(=O)N/N=C/c1ccc(OC)cc1OC. The topological polar surface area (TPSA) is 69.2 Å². The lowest BCUT2D eigenvalue weighted by Crippen LogP contribution is -2.18. The molecule has 126 valence electrons. The molecule has 24 heavy (non-hydrogen) atoms. The molecule has 6 heteroatoms. The van der Waals surface area contributed by atoms with Crippen LogP contribution in [0, 0.1) is 0 Å². The van der Waals surface area contributed by atoms with Crippen molar-refractivity contribution in [3.8, 4) is 17.2 Å². The summed E-state index contributed by atoms with van der Waals surface area (Å²) >= 11 is 0. The molecule has 0 aliphatic rings. The molecule has 1 N–H and O–H groups in total. The van der Waals surface area contributed by atoms with E-state index in [4.69, 9.17) is 14.2 Å². The summed E-state index contributed by atoms with van der Waals surface area (Å²) in [5, 5.41) is 3.98. The van der Waals surface area contributed by atoms with Gasteiger partial charge in [0.1, 0.15) is 17.2 Å². The molecule has 1 amide bonds. The summed E-state index contributed by atoms with van der Waals surface area (Å²) in [5.41, 5.74) is 3.64. The van der Waals surface area contributed by atoms with Gasteiger partial charge in [-0.05, 0) is 31.2 Å². The molecule has 6 nitrogen and oxygen atoms in total. The summed E-state index contributed by atoms with van der Waals surface area (Å²) in [5.74, 6) is 1.46. The summed E-state index contributed by atoms with van der Waals surface area (Å²) in [4.78, 5) is 12.2. The number of carbonyl (C=O) groups is 1. The summed E-state index contributed by atoms with van der Waals surface area (Å²) < 4.78 is 15.9. The third kappa shape index (κ3) is 4.25. The molecule has 0 radical (unpaired) electrons. The van der Waals surface area contributed by atoms with E-state index in [1.807, 2.05) is 13.0 Å². The second-order valence-electron chi connectivity index (χ2n) is 4.74. The number of nitrogens with zero attached hydrogens (tertiary/aromatic N) is 1. The third-order valence-electron chi connectivity index (χ3n) is 3.24. The van der Waals surface area contributed by atoms with Gasteiger partial charge in [0.2, 0.25) is 0 Å². The van der Waals surface area contributed by atoms with E-state index in [-0.39, 0.29) is 5.91 Å². The standard InChI is InChI=1S/C18H20N2O4/c1-4-24-16-8-6-5-7-15(16)18(21)20-19-12-13-9-10-14(22-2)11-17(13)23-3/h5-12H,4H2,1-3H3,(H,20,21)/b19-12+. The van der Waals surface area contributed by atoms with Crippen LogP contribution in [-0.4, -0.2) is 32.9 Å². The highest BCUT2D eigenvalue weighted by atomic mass is 16.5. The molecule has 0 aromatic heterocycles. The smallest absolute Gasteiger partial charge is 0.275 e. The van der Waals surface area contributed by atoms with E-state index in [9.17, 15) is 4.79 Å². The monoisotopic (exact) mass is 328 g/mol. The van der Waals surface area contributed by atoms with E-state index in [0.29, 0.717) is 29.4 Å². The minimum Gasteiger partial charge on any atom is -0.497 e. The van der Waals surface area contributed by atoms with Crippen LogP contribution in [0.4, 0.5) is 0 Å². The number of rotatable bonds is 7. The lowest BCUT2D eigenvalue weighted by molar-refractivity contribution is 0.0951. The Kier molecular flexibility index (Phi) is 6.19. The van der Waals surface area contributed by atoms with Crippen molar-refractivity contribution in [3.63, 3.8) is 0 Å². The molecule has 0 aliphatic heterocycles. The van der Waals surface area contributed by atoms with Crippen LogP contribution in [0.2, 0.25) is 0 Å². The molecule has 2 aromatic carbocycles. The highest BCUT2D eigenvalue weighted by molar-refractivity contribution is 5.97. The maximum absolute atomic E-state index is 12.2. The van der Waals surface area contributed by atoms with E-state index in [2.05, 4.69) is 10.5 Å². The average molecular weight is 328 g/mol. The van der Waals surface area contributed by atoms with Crippen molar-refractivity contribution in [3.05, 3.63) is 53.6 Å². The Balaban J connectivity index is 2.10. The molecule has 0 fully saturated rings. The van der Waals surface area contributed by atoms with Gasteiger partial charge in [-0.1, -0.05) is 12.1 Å². The predicted octanol–water partition coefficient (Wildman–Crippen LogP) is 2.87. The second kappa shape index (κ2) is 8.57. The van der Waals surface area contributed by atoms with Gasteiger partial charge in [0.05, 0.1) is 32.6 Å². The van der Waals surface area contributed by atoms with Crippen molar-refractivity contribution < 1.29 is 19.0 Å². The van der Waals surface area contributed by atoms with Crippen LogP contribution in [0.3, 0.4) is 0 Å². The van der Waals surface area contributed by atoms with Crippen molar-refractivity contribution >= 4 is 12.1 Å². The normalized spacial score (nSPS) is 10.5. The van der Waals surface area contributed by atoms with E-state index in [1.54, 1.807) is 50.6 Å². The fourth-order valence-electron chi connectivity index (χ4n) is 2.08. The summed E-state index contributed by atoms with van der Waals surface area (Å²) in [6.07, 6.45) is 1.51. The fraction of sp³-hybridized carbons (Fsp3) is 0.222. The number of ether oxygens (including phenoxy) is 3. The number of methoxy groups -OCH3 is 2. The number of hydrazone groups is 1. The van der Waals surface area contributed by atoms with Crippen molar-refractivity contribution in [2.75, 3.05) is 20.8 Å². The van der Waals surface area contributed by atoms with Crippen LogP contribution < -0.4 is 19.6 Å². The Morgan fingerprint density at radius 1 is 1.12 bits per heavy atom. The third-order valence-corrected chi connectivity index (χ3v) is 3.24. The minimum absolute atomic E-state index is 0.345. The van der Waals surface area contributed by atoms with E-state index >= 15 is 0 Å². The minimum atomic E-state index is -0.345. The first-order chi connectivity index (χ1) is 11.7. The number of para-hydroxylation sites is 1. The zero-order chi connectivity index (χ0) is 17.4. The molecule has 0 unspecified atom stereocenters. The van der Waals surface area contributed by atoms with Gasteiger partial charge in [0.15, 0.2) is 0 Å². The van der Waals surface area contributed by atoms with Gasteiger partial charge in [-0.25, -0.2) is 5.43 Å². The van der Waals surface area contributed by atoms with Crippen LogP contribution in [-0.2, 0) is 0 Å². The molecule has 2 aromatic rings. The van der Waals surface area contributed by atoms with Crippen molar-refractivity contribution in [1.29, 1.82) is 0 Å². The summed E-state index contributed by atoms with van der Waals surface area (Å²) in [6, 6.07) is 12.3. The first-order valence-electron chi connectivity index (χ1n) is 7.46. The molecule has 2 rings (SSSR count). The summed E-state index contributed by atoms with van der Waals surface area (Å²) in [6.45, 7) is 2.35. The number of nitrogens with one attached hydrogen (secondary N) is 1. The maximum Gasteiger partial charge on any atom is 0.275 e. The van der Waals surface area contributed by atoms with Gasteiger partial charge in [-0.2, -0.15) is 5.10 Å². The van der Waals surface area contributed by atoms with E-state index in [1.165, 1.54) is 6.21 Å². The Morgan fingerprint density at radius 3 is 2.62 bits per heavy atom. The first kappa shape index (κ1) is 17.3. The molecule has 0 bridgehead atoms. The maximum atomic E-state index is 12.2. The Bertz CT molecular complexity index is 729. The van der Waals surface area contributed by atoms with Crippen LogP contribution in [0.25, 0.3) is 0 Å². The zero-order valence-corrected chi connectivity index (χ0v) is 13.9. The number of carbonyl (C=O) groups excluding carboxylic acids is 1. The lowest BCUT2D eigenvalue weighted by Gasteiger charge is -2.08. The van der Waals surface area contributed by atoms with Crippen LogP contribution in [0.5, 0.6) is 17.2 Å². The van der Waals surface area contributed by atoms with E-state index < -0.39 is 0 Å². The molecule has 0 heterocycles. The number of hydrogen-bond acceptors (Lipinski definition) is 5. The molecule has 0 saturated carbocycles. The van der Waals surface area contributed by atoms with Crippen LogP contribution in [0.1, 0.15) is 22.8 Å². The largest absolute Gasteiger partial charge is 0.497 e. The fourth-order valence-corrected chi connectivity index (χ4v) is 2.08. The average Bonchev–Trinajstić information content (AvgIpc) is 2.62. The van der Waals surface area contributed by atoms with Crippen molar-refractivity contribution in [2.24, 2.45) is 5.10 Å². The first-order valence-corrected chi connectivity index (χ1v) is 7.46. The molecular weight excluding hydrogens is 308 g/mol. The van der Waals surface area contributed by atoms with Gasteiger partial charge < -0.3 is 14.2 Å². The van der Waals surface area contributed by atoms with Gasteiger partial charge >= 0.3 is 0 Å². The predicted molar refractivity (Wildman–Crippen MR) is 92.2 cm³/mol. The molecule has 0 aliphatic carbocycles. The van der Waals surface area contributed by atoms with Crippen LogP contribution >= 0.6 is 0 Å². The second-order valence-corrected chi connectivity index (χ2v) is 4.74. The Hall–Kier alpha value is -3.02. The van der Waals surface area contributed by atoms with Crippen LogP contribution in [0.15, 0.2) is 47.6 Å². The highest BCUT2D eigenvalue weighted by Crippen LogP contribution is 2.23. The molecule has 0 atom stereocenters. The van der Waals surface area contributed by atoms with Gasteiger partial charge in [-0.15, -0.1) is 0 Å². The van der Waals surface area contributed by atoms with Crippen molar-refractivity contribution in [2.45, 2.75) is 6.92 Å². The molecular formula is C18H20N2O4. The van der Waals surface area contributed by atoms with Gasteiger partial charge in [0, 0.05) is 11.6 Å². The van der Waals surface area contributed by atoms with Gasteiger partial charge in [0.25, 0.3) is 5.91 Å². The molecule has 0 spiro atoms. The quantitative estimate of drug-likeness (QED) is 0.627. The Morgan fingerprint density at radius 2 is 1.92 bits per heavy atom. The van der Waals surface area contributed by atoms with E-state index in [0.717, 1.165) is 5.56 Å². The van der Waals surface area contributed by atoms with Gasteiger partial charge in [-0.3, -0.25) is 4.79 Å².